The van der Waals surface area contributed by atoms with Gasteiger partial charge in [0.25, 0.3) is 0 Å². The van der Waals surface area contributed by atoms with Gasteiger partial charge < -0.3 is 5.73 Å². The van der Waals surface area contributed by atoms with Crippen LogP contribution in [-0.2, 0) is 0 Å². The molecule has 0 aliphatic rings. The maximum Gasteiger partial charge on any atom is 0.0665 e. The third-order valence-electron chi connectivity index (χ3n) is 3.20. The summed E-state index contributed by atoms with van der Waals surface area (Å²) in [6.07, 6.45) is 1.83. The van der Waals surface area contributed by atoms with Gasteiger partial charge in [-0.3, -0.25) is 4.98 Å². The van der Waals surface area contributed by atoms with Crippen LogP contribution in [0, 0.1) is 13.8 Å². The highest BCUT2D eigenvalue weighted by molar-refractivity contribution is 7.99. The Bertz CT molecular complexity index is 538. The Labute approximate surface area is 119 Å². The van der Waals surface area contributed by atoms with Crippen molar-refractivity contribution in [3.05, 3.63) is 59.4 Å². The number of hydrogen-bond donors (Lipinski definition) is 1. The van der Waals surface area contributed by atoms with Crippen LogP contribution in [0.1, 0.15) is 29.0 Å². The quantitative estimate of drug-likeness (QED) is 0.858. The summed E-state index contributed by atoms with van der Waals surface area (Å²) >= 11 is 1.79. The van der Waals surface area contributed by atoms with Crippen molar-refractivity contribution in [2.24, 2.45) is 5.73 Å². The minimum absolute atomic E-state index is 0.0570. The van der Waals surface area contributed by atoms with Crippen molar-refractivity contribution in [3.8, 4) is 0 Å². The molecular weight excluding hydrogens is 252 g/mol. The van der Waals surface area contributed by atoms with E-state index in [4.69, 9.17) is 5.73 Å². The summed E-state index contributed by atoms with van der Waals surface area (Å²) in [7, 11) is 0. The number of rotatable bonds is 4. The van der Waals surface area contributed by atoms with Gasteiger partial charge in [0.1, 0.15) is 0 Å². The molecule has 0 aliphatic heterocycles. The number of thioether (sulfide) groups is 1. The molecule has 2 rings (SSSR count). The van der Waals surface area contributed by atoms with E-state index in [9.17, 15) is 0 Å². The molecular formula is C16H20N2S. The van der Waals surface area contributed by atoms with Crippen LogP contribution in [0.25, 0.3) is 0 Å². The summed E-state index contributed by atoms with van der Waals surface area (Å²) < 4.78 is 0. The number of benzene rings is 1. The molecule has 0 saturated carbocycles. The molecule has 1 aromatic heterocycles. The molecule has 0 amide bonds. The maximum absolute atomic E-state index is 6.12. The summed E-state index contributed by atoms with van der Waals surface area (Å²) in [5.41, 5.74) is 9.80. The van der Waals surface area contributed by atoms with Crippen LogP contribution in [0.2, 0.25) is 0 Å². The Hall–Kier alpha value is -1.32. The van der Waals surface area contributed by atoms with E-state index in [1.165, 1.54) is 16.0 Å². The molecule has 2 nitrogen and oxygen atoms in total. The first-order valence-corrected chi connectivity index (χ1v) is 7.36. The van der Waals surface area contributed by atoms with Crippen LogP contribution in [0.5, 0.6) is 0 Å². The van der Waals surface area contributed by atoms with Gasteiger partial charge in [0.15, 0.2) is 0 Å². The normalized spacial score (nSPS) is 14.1. The molecule has 2 unspecified atom stereocenters. The van der Waals surface area contributed by atoms with Gasteiger partial charge in [-0.2, -0.15) is 0 Å². The van der Waals surface area contributed by atoms with E-state index in [2.05, 4.69) is 37.0 Å². The standard InChI is InChI=1S/C16H20N2S/c1-11-7-8-14(10-12(11)2)19-16(13(3)17)15-6-4-5-9-18-15/h4-10,13,16H,17H2,1-3H3. The van der Waals surface area contributed by atoms with E-state index >= 15 is 0 Å². The lowest BCUT2D eigenvalue weighted by molar-refractivity contribution is 0.705. The minimum atomic E-state index is 0.0570. The van der Waals surface area contributed by atoms with E-state index in [1.807, 2.05) is 31.3 Å². The topological polar surface area (TPSA) is 38.9 Å². The molecule has 0 saturated heterocycles. The van der Waals surface area contributed by atoms with Crippen LogP contribution >= 0.6 is 11.8 Å². The molecule has 0 spiro atoms. The second kappa shape index (κ2) is 6.22. The molecule has 2 aromatic rings. The zero-order valence-corrected chi connectivity index (χ0v) is 12.4. The Kier molecular flexibility index (Phi) is 4.61. The van der Waals surface area contributed by atoms with Crippen LogP contribution in [0.3, 0.4) is 0 Å². The summed E-state index contributed by atoms with van der Waals surface area (Å²) in [6.45, 7) is 6.31. The van der Waals surface area contributed by atoms with Crippen LogP contribution < -0.4 is 5.73 Å². The van der Waals surface area contributed by atoms with Crippen molar-refractivity contribution in [1.29, 1.82) is 0 Å². The Morgan fingerprint density at radius 3 is 2.47 bits per heavy atom. The lowest BCUT2D eigenvalue weighted by atomic mass is 10.1. The van der Waals surface area contributed by atoms with E-state index < -0.39 is 0 Å². The van der Waals surface area contributed by atoms with Crippen molar-refractivity contribution < 1.29 is 0 Å². The fraction of sp³-hybridized carbons (Fsp3) is 0.312. The van der Waals surface area contributed by atoms with Gasteiger partial charge >= 0.3 is 0 Å². The number of nitrogens with zero attached hydrogens (tertiary/aromatic N) is 1. The van der Waals surface area contributed by atoms with E-state index in [1.54, 1.807) is 11.8 Å². The summed E-state index contributed by atoms with van der Waals surface area (Å²) in [5, 5.41) is 0.184. The smallest absolute Gasteiger partial charge is 0.0665 e. The zero-order valence-electron chi connectivity index (χ0n) is 11.6. The number of aromatic nitrogens is 1. The molecule has 0 radical (unpaired) electrons. The van der Waals surface area contributed by atoms with E-state index in [0.29, 0.717) is 0 Å². The third-order valence-corrected chi connectivity index (χ3v) is 4.65. The maximum atomic E-state index is 6.12. The SMILES string of the molecule is Cc1ccc(SC(c2ccccn2)C(C)N)cc1C. The molecule has 19 heavy (non-hydrogen) atoms. The number of nitrogens with two attached hydrogens (primary N) is 1. The van der Waals surface area contributed by atoms with Crippen molar-refractivity contribution >= 4 is 11.8 Å². The average Bonchev–Trinajstić information content (AvgIpc) is 2.40. The predicted molar refractivity (Wildman–Crippen MR) is 82.4 cm³/mol. The zero-order chi connectivity index (χ0) is 13.8. The van der Waals surface area contributed by atoms with Gasteiger partial charge in [-0.1, -0.05) is 12.1 Å². The molecule has 1 aromatic carbocycles. The molecule has 100 valence electrons. The molecule has 2 atom stereocenters. The third kappa shape index (κ3) is 3.58. The number of hydrogen-bond acceptors (Lipinski definition) is 3. The van der Waals surface area contributed by atoms with Crippen molar-refractivity contribution in [1.82, 2.24) is 4.98 Å². The van der Waals surface area contributed by atoms with Gasteiger partial charge in [0.05, 0.1) is 10.9 Å². The van der Waals surface area contributed by atoms with E-state index in [-0.39, 0.29) is 11.3 Å². The number of pyridine rings is 1. The lowest BCUT2D eigenvalue weighted by Gasteiger charge is -2.20. The largest absolute Gasteiger partial charge is 0.327 e. The second-order valence-electron chi connectivity index (χ2n) is 4.90. The van der Waals surface area contributed by atoms with Crippen molar-refractivity contribution in [3.63, 3.8) is 0 Å². The molecule has 1 heterocycles. The minimum Gasteiger partial charge on any atom is -0.327 e. The molecule has 0 aliphatic carbocycles. The highest BCUT2D eigenvalue weighted by Gasteiger charge is 2.18. The van der Waals surface area contributed by atoms with Crippen LogP contribution in [0.4, 0.5) is 0 Å². The predicted octanol–water partition coefficient (Wildman–Crippen LogP) is 3.88. The summed E-state index contributed by atoms with van der Waals surface area (Å²) in [4.78, 5) is 5.68. The van der Waals surface area contributed by atoms with E-state index in [0.717, 1.165) is 5.69 Å². The van der Waals surface area contributed by atoms with Crippen LogP contribution in [-0.4, -0.2) is 11.0 Å². The lowest BCUT2D eigenvalue weighted by Crippen LogP contribution is -2.23. The monoisotopic (exact) mass is 272 g/mol. The van der Waals surface area contributed by atoms with Gasteiger partial charge in [-0.05, 0) is 56.2 Å². The Balaban J connectivity index is 2.24. The van der Waals surface area contributed by atoms with Crippen LogP contribution in [0.15, 0.2) is 47.5 Å². The second-order valence-corrected chi connectivity index (χ2v) is 6.11. The van der Waals surface area contributed by atoms with Gasteiger partial charge in [-0.15, -0.1) is 11.8 Å². The molecule has 2 N–H and O–H groups in total. The van der Waals surface area contributed by atoms with Gasteiger partial charge in [-0.25, -0.2) is 0 Å². The van der Waals surface area contributed by atoms with Crippen molar-refractivity contribution in [2.75, 3.05) is 0 Å². The highest BCUT2D eigenvalue weighted by Crippen LogP contribution is 2.36. The van der Waals surface area contributed by atoms with Crippen molar-refractivity contribution in [2.45, 2.75) is 37.0 Å². The Morgan fingerprint density at radius 2 is 1.89 bits per heavy atom. The summed E-state index contributed by atoms with van der Waals surface area (Å²) in [5.74, 6) is 0. The Morgan fingerprint density at radius 1 is 1.11 bits per heavy atom. The first kappa shape index (κ1) is 14.1. The molecule has 0 fully saturated rings. The average molecular weight is 272 g/mol. The van der Waals surface area contributed by atoms with Gasteiger partial charge in [0.2, 0.25) is 0 Å². The number of aryl methyl sites for hydroxylation is 2. The first-order valence-electron chi connectivity index (χ1n) is 6.48. The summed E-state index contributed by atoms with van der Waals surface area (Å²) in [6, 6.07) is 12.6. The fourth-order valence-corrected chi connectivity index (χ4v) is 3.07. The first-order chi connectivity index (χ1) is 9.08. The molecule has 3 heteroatoms. The molecule has 0 bridgehead atoms. The fourth-order valence-electron chi connectivity index (χ4n) is 1.92. The highest BCUT2D eigenvalue weighted by atomic mass is 32.2. The van der Waals surface area contributed by atoms with Gasteiger partial charge in [0, 0.05) is 17.1 Å².